The molecule has 3 heterocycles. The molecule has 0 bridgehead atoms. The van der Waals surface area contributed by atoms with Crippen LogP contribution in [0.3, 0.4) is 0 Å². The third kappa shape index (κ3) is 4.59. The van der Waals surface area contributed by atoms with Crippen LogP contribution in [0, 0.1) is 0 Å². The van der Waals surface area contributed by atoms with Crippen molar-refractivity contribution in [1.82, 2.24) is 24.7 Å². The first-order valence-corrected chi connectivity index (χ1v) is 9.75. The second-order valence-corrected chi connectivity index (χ2v) is 8.37. The number of aliphatic imine (C=N–C) groups is 1. The van der Waals surface area contributed by atoms with E-state index in [2.05, 4.69) is 25.8 Å². The fraction of sp³-hybridized carbons (Fsp3) is 0.550. The number of piperazine rings is 1. The molecular weight excluding hydrogens is 483 g/mol. The Morgan fingerprint density at radius 2 is 2.03 bits per heavy atom. The molecule has 9 heteroatoms. The van der Waals surface area contributed by atoms with Gasteiger partial charge >= 0.3 is 6.09 Å². The van der Waals surface area contributed by atoms with E-state index < -0.39 is 5.60 Å². The number of aromatic nitrogens is 2. The lowest BCUT2D eigenvalue weighted by Gasteiger charge is -2.39. The summed E-state index contributed by atoms with van der Waals surface area (Å²) >= 11 is 0. The van der Waals surface area contributed by atoms with Gasteiger partial charge in [-0.15, -0.1) is 24.0 Å². The van der Waals surface area contributed by atoms with Gasteiger partial charge in [-0.2, -0.15) is 0 Å². The minimum atomic E-state index is -0.473. The Morgan fingerprint density at radius 1 is 1.28 bits per heavy atom. The molecular formula is C20H29IN6O2. The van der Waals surface area contributed by atoms with Gasteiger partial charge in [-0.25, -0.2) is 9.78 Å². The van der Waals surface area contributed by atoms with Gasteiger partial charge in [-0.3, -0.25) is 4.99 Å². The number of carbonyl (C=O) groups excluding carboxylic acids is 1. The fourth-order valence-electron chi connectivity index (χ4n) is 3.73. The van der Waals surface area contributed by atoms with Crippen LogP contribution in [0.15, 0.2) is 29.3 Å². The molecule has 2 aliphatic rings. The van der Waals surface area contributed by atoms with E-state index in [4.69, 9.17) is 9.72 Å². The van der Waals surface area contributed by atoms with Gasteiger partial charge in [0.25, 0.3) is 0 Å². The minimum absolute atomic E-state index is 0. The molecule has 1 aromatic carbocycles. The first-order chi connectivity index (χ1) is 13.3. The maximum Gasteiger partial charge on any atom is 0.410 e. The van der Waals surface area contributed by atoms with E-state index in [1.165, 1.54) is 0 Å². The SMILES string of the molecule is Cn1c(CNC2=NCC3CN(C(=O)OC(C)(C)C)CCN23)nc2ccccc21.I. The number of fused-ring (bicyclic) bond motifs is 2. The zero-order valence-electron chi connectivity index (χ0n) is 17.4. The maximum absolute atomic E-state index is 12.3. The number of carbonyl (C=O) groups is 1. The topological polar surface area (TPSA) is 75.0 Å². The van der Waals surface area contributed by atoms with Gasteiger partial charge < -0.3 is 24.4 Å². The zero-order chi connectivity index (χ0) is 19.9. The van der Waals surface area contributed by atoms with E-state index in [1.54, 1.807) is 4.90 Å². The van der Waals surface area contributed by atoms with E-state index >= 15 is 0 Å². The maximum atomic E-state index is 12.3. The van der Waals surface area contributed by atoms with Crippen molar-refractivity contribution < 1.29 is 9.53 Å². The minimum Gasteiger partial charge on any atom is -0.444 e. The summed E-state index contributed by atoms with van der Waals surface area (Å²) in [5, 5.41) is 3.44. The Kier molecular flexibility index (Phi) is 6.25. The van der Waals surface area contributed by atoms with Crippen molar-refractivity contribution in [2.75, 3.05) is 26.2 Å². The van der Waals surface area contributed by atoms with E-state index in [0.717, 1.165) is 29.4 Å². The quantitative estimate of drug-likeness (QED) is 0.627. The van der Waals surface area contributed by atoms with Gasteiger partial charge in [0.05, 0.1) is 30.2 Å². The first kappa shape index (κ1) is 21.7. The van der Waals surface area contributed by atoms with Gasteiger partial charge in [-0.1, -0.05) is 12.1 Å². The van der Waals surface area contributed by atoms with Crippen molar-refractivity contribution in [3.63, 3.8) is 0 Å². The number of ether oxygens (including phenoxy) is 1. The molecule has 1 amide bonds. The van der Waals surface area contributed by atoms with Crippen LogP contribution >= 0.6 is 24.0 Å². The van der Waals surface area contributed by atoms with E-state index in [9.17, 15) is 4.79 Å². The number of para-hydroxylation sites is 2. The van der Waals surface area contributed by atoms with E-state index in [-0.39, 0.29) is 36.1 Å². The molecule has 1 atom stereocenters. The largest absolute Gasteiger partial charge is 0.444 e. The van der Waals surface area contributed by atoms with Crippen molar-refractivity contribution in [3.8, 4) is 0 Å². The number of nitrogens with zero attached hydrogens (tertiary/aromatic N) is 5. The average molecular weight is 512 g/mol. The number of hydrogen-bond donors (Lipinski definition) is 1. The fourth-order valence-corrected chi connectivity index (χ4v) is 3.73. The lowest BCUT2D eigenvalue weighted by molar-refractivity contribution is 0.0137. The first-order valence-electron chi connectivity index (χ1n) is 9.75. The Morgan fingerprint density at radius 3 is 2.76 bits per heavy atom. The Balaban J connectivity index is 0.00000240. The third-order valence-electron chi connectivity index (χ3n) is 5.14. The number of nitrogens with one attached hydrogen (secondary N) is 1. The number of hydrogen-bond acceptors (Lipinski definition) is 6. The highest BCUT2D eigenvalue weighted by molar-refractivity contribution is 14.0. The van der Waals surface area contributed by atoms with E-state index in [0.29, 0.717) is 26.2 Å². The van der Waals surface area contributed by atoms with Crippen LogP contribution in [-0.4, -0.2) is 69.2 Å². The highest BCUT2D eigenvalue weighted by Crippen LogP contribution is 2.19. The standard InChI is InChI=1S/C20H28N6O2.HI/c1-20(2,3)28-19(27)25-9-10-26-14(13-25)11-21-18(26)22-12-17-23-15-7-5-6-8-16(15)24(17)4;/h5-8,14H,9-13H2,1-4H3,(H,21,22);1H. The molecule has 1 N–H and O–H groups in total. The monoisotopic (exact) mass is 512 g/mol. The molecule has 8 nitrogen and oxygen atoms in total. The highest BCUT2D eigenvalue weighted by Gasteiger charge is 2.36. The van der Waals surface area contributed by atoms with Crippen molar-refractivity contribution in [3.05, 3.63) is 30.1 Å². The van der Waals surface area contributed by atoms with Gasteiger partial charge in [0.1, 0.15) is 11.4 Å². The zero-order valence-corrected chi connectivity index (χ0v) is 19.7. The summed E-state index contributed by atoms with van der Waals surface area (Å²) in [5.41, 5.74) is 1.65. The van der Waals surface area contributed by atoms with Crippen LogP contribution in [0.2, 0.25) is 0 Å². The number of guanidine groups is 1. The molecule has 1 aromatic heterocycles. The van der Waals surface area contributed by atoms with Crippen LogP contribution in [0.4, 0.5) is 4.79 Å². The number of benzene rings is 1. The van der Waals surface area contributed by atoms with E-state index in [1.807, 2.05) is 46.0 Å². The van der Waals surface area contributed by atoms with Crippen LogP contribution in [0.25, 0.3) is 11.0 Å². The smallest absolute Gasteiger partial charge is 0.410 e. The molecule has 0 spiro atoms. The third-order valence-corrected chi connectivity index (χ3v) is 5.14. The van der Waals surface area contributed by atoms with Crippen LogP contribution in [-0.2, 0) is 18.3 Å². The molecule has 1 fully saturated rings. The summed E-state index contributed by atoms with van der Waals surface area (Å²) in [7, 11) is 2.03. The number of halogens is 1. The van der Waals surface area contributed by atoms with Crippen LogP contribution in [0.1, 0.15) is 26.6 Å². The lowest BCUT2D eigenvalue weighted by Crippen LogP contribution is -2.57. The number of rotatable bonds is 2. The molecule has 0 aliphatic carbocycles. The van der Waals surface area contributed by atoms with Crippen LogP contribution < -0.4 is 5.32 Å². The normalized spacial score (nSPS) is 18.9. The van der Waals surface area contributed by atoms with Gasteiger partial charge in [0, 0.05) is 26.7 Å². The summed E-state index contributed by atoms with van der Waals surface area (Å²) in [6.45, 7) is 8.99. The molecule has 4 rings (SSSR count). The van der Waals surface area contributed by atoms with Crippen molar-refractivity contribution >= 4 is 47.1 Å². The Bertz CT molecular complexity index is 919. The van der Waals surface area contributed by atoms with Crippen molar-refractivity contribution in [1.29, 1.82) is 0 Å². The Labute approximate surface area is 188 Å². The second-order valence-electron chi connectivity index (χ2n) is 8.37. The molecule has 29 heavy (non-hydrogen) atoms. The second kappa shape index (κ2) is 8.37. The number of imidazole rings is 1. The average Bonchev–Trinajstić information content (AvgIpc) is 3.19. The molecule has 0 saturated carbocycles. The number of amides is 1. The van der Waals surface area contributed by atoms with Crippen molar-refractivity contribution in [2.45, 2.75) is 39.0 Å². The Hall–Kier alpha value is -2.04. The summed E-state index contributed by atoms with van der Waals surface area (Å²) in [5.74, 6) is 1.86. The van der Waals surface area contributed by atoms with Gasteiger partial charge in [-0.05, 0) is 32.9 Å². The molecule has 1 saturated heterocycles. The summed E-state index contributed by atoms with van der Waals surface area (Å²) in [6.07, 6.45) is -0.242. The number of aryl methyl sites for hydroxylation is 1. The molecule has 2 aromatic rings. The predicted molar refractivity (Wildman–Crippen MR) is 124 cm³/mol. The van der Waals surface area contributed by atoms with Crippen molar-refractivity contribution in [2.24, 2.45) is 12.0 Å². The molecule has 0 radical (unpaired) electrons. The molecule has 158 valence electrons. The van der Waals surface area contributed by atoms with Gasteiger partial charge in [0.15, 0.2) is 5.96 Å². The summed E-state index contributed by atoms with van der Waals surface area (Å²) in [6, 6.07) is 8.33. The van der Waals surface area contributed by atoms with Gasteiger partial charge in [0.2, 0.25) is 0 Å². The summed E-state index contributed by atoms with van der Waals surface area (Å²) < 4.78 is 7.61. The van der Waals surface area contributed by atoms with Crippen LogP contribution in [0.5, 0.6) is 0 Å². The lowest BCUT2D eigenvalue weighted by atomic mass is 10.2. The highest BCUT2D eigenvalue weighted by atomic mass is 127. The molecule has 2 aliphatic heterocycles. The summed E-state index contributed by atoms with van der Waals surface area (Å²) in [4.78, 5) is 25.7. The predicted octanol–water partition coefficient (Wildman–Crippen LogP) is 2.57. The molecule has 1 unspecified atom stereocenters.